The van der Waals surface area contributed by atoms with E-state index in [1.165, 1.54) is 16.0 Å². The van der Waals surface area contributed by atoms with Crippen molar-refractivity contribution >= 4 is 0 Å². The third kappa shape index (κ3) is 6.42. The van der Waals surface area contributed by atoms with Crippen molar-refractivity contribution < 1.29 is 19.5 Å². The van der Waals surface area contributed by atoms with Crippen molar-refractivity contribution in [2.75, 3.05) is 27.3 Å². The minimum absolute atomic E-state index is 0.194. The summed E-state index contributed by atoms with van der Waals surface area (Å²) in [6.07, 6.45) is -0.743. The molecule has 0 bridgehead atoms. The smallest absolute Gasteiger partial charge is 0.126 e. The van der Waals surface area contributed by atoms with Gasteiger partial charge in [-0.15, -0.1) is 0 Å². The summed E-state index contributed by atoms with van der Waals surface area (Å²) < 4.78 is 11.5. The van der Waals surface area contributed by atoms with Crippen LogP contribution in [0.5, 0.6) is 5.75 Å². The number of nitrogens with one attached hydrogen (secondary N) is 1. The molecule has 0 amide bonds. The normalized spacial score (nSPS) is 14.1. The number of hydrogen-bond acceptors (Lipinski definition) is 3. The molecule has 0 spiro atoms. The largest absolute Gasteiger partial charge is 0.497 e. The van der Waals surface area contributed by atoms with E-state index in [0.29, 0.717) is 6.54 Å². The molecule has 0 aliphatic carbocycles. The molecule has 3 rings (SSSR count). The van der Waals surface area contributed by atoms with Gasteiger partial charge in [-0.05, 0) is 30.2 Å². The van der Waals surface area contributed by atoms with Gasteiger partial charge in [0, 0.05) is 5.56 Å². The fraction of sp³-hybridized carbons (Fsp3) is 0.308. The lowest BCUT2D eigenvalue weighted by Gasteiger charge is -2.23. The molecule has 0 aliphatic rings. The molecule has 0 aliphatic heterocycles. The zero-order valence-electron chi connectivity index (χ0n) is 18.0. The molecule has 4 nitrogen and oxygen atoms in total. The number of likely N-dealkylation sites (N-methyl/N-ethyl adjacent to an activating group) is 1. The summed E-state index contributed by atoms with van der Waals surface area (Å²) in [6.45, 7) is 3.77. The van der Waals surface area contributed by atoms with Crippen LogP contribution in [0.1, 0.15) is 28.4 Å². The van der Waals surface area contributed by atoms with Gasteiger partial charge in [0.1, 0.15) is 31.0 Å². The van der Waals surface area contributed by atoms with E-state index in [9.17, 15) is 5.11 Å². The zero-order chi connectivity index (χ0) is 21.3. The number of ether oxygens (including phenoxy) is 2. The standard InChI is InChI=1S/C26H31NO3/c1-20-12-14-23(15-13-20)26(22-9-5-4-6-10-22)30-19-24(28)18-27(2)17-21-8-7-11-25(16-21)29-3/h4-16,24,26,28H,17-19H2,1-3H3/p+1/t24-,26+/m1/s1. The molecule has 3 aromatic rings. The van der Waals surface area contributed by atoms with E-state index in [0.717, 1.165) is 23.4 Å². The minimum atomic E-state index is -0.549. The average molecular weight is 407 g/mol. The fourth-order valence-corrected chi connectivity index (χ4v) is 3.63. The first-order valence-corrected chi connectivity index (χ1v) is 10.4. The molecule has 4 heteroatoms. The lowest BCUT2D eigenvalue weighted by atomic mass is 10.0. The fourth-order valence-electron chi connectivity index (χ4n) is 3.63. The Kier molecular flexibility index (Phi) is 8.03. The molecule has 2 N–H and O–H groups in total. The van der Waals surface area contributed by atoms with Crippen molar-refractivity contribution in [1.29, 1.82) is 0 Å². The summed E-state index contributed by atoms with van der Waals surface area (Å²) in [6, 6.07) is 26.6. The highest BCUT2D eigenvalue weighted by molar-refractivity contribution is 5.32. The molecular formula is C26H32NO3+. The highest BCUT2D eigenvalue weighted by atomic mass is 16.5. The van der Waals surface area contributed by atoms with Gasteiger partial charge in [-0.2, -0.15) is 0 Å². The average Bonchev–Trinajstić information content (AvgIpc) is 2.76. The maximum Gasteiger partial charge on any atom is 0.126 e. The molecule has 0 fully saturated rings. The Hall–Kier alpha value is -2.66. The Labute approximate surface area is 179 Å². The summed E-state index contributed by atoms with van der Waals surface area (Å²) in [5.74, 6) is 0.855. The Balaban J connectivity index is 1.59. The van der Waals surface area contributed by atoms with E-state index < -0.39 is 6.10 Å². The molecule has 0 saturated carbocycles. The molecule has 3 aromatic carbocycles. The second-order valence-corrected chi connectivity index (χ2v) is 7.88. The highest BCUT2D eigenvalue weighted by Gasteiger charge is 2.19. The number of benzene rings is 3. The Morgan fingerprint density at radius 2 is 1.60 bits per heavy atom. The van der Waals surface area contributed by atoms with Gasteiger partial charge in [-0.1, -0.05) is 72.3 Å². The monoisotopic (exact) mass is 406 g/mol. The van der Waals surface area contributed by atoms with Crippen LogP contribution in [0.25, 0.3) is 0 Å². The van der Waals surface area contributed by atoms with E-state index in [1.807, 2.05) is 36.4 Å². The van der Waals surface area contributed by atoms with Crippen LogP contribution >= 0.6 is 0 Å². The minimum Gasteiger partial charge on any atom is -0.497 e. The van der Waals surface area contributed by atoms with Crippen molar-refractivity contribution in [2.45, 2.75) is 25.7 Å². The number of aliphatic hydroxyl groups is 1. The molecule has 1 unspecified atom stereocenters. The van der Waals surface area contributed by atoms with E-state index in [4.69, 9.17) is 9.47 Å². The second kappa shape index (κ2) is 10.9. The number of aliphatic hydroxyl groups excluding tert-OH is 1. The zero-order valence-corrected chi connectivity index (χ0v) is 18.0. The van der Waals surface area contributed by atoms with Crippen molar-refractivity contribution in [2.24, 2.45) is 0 Å². The van der Waals surface area contributed by atoms with Crippen molar-refractivity contribution in [3.63, 3.8) is 0 Å². The predicted molar refractivity (Wildman–Crippen MR) is 120 cm³/mol. The molecule has 158 valence electrons. The quantitative estimate of drug-likeness (QED) is 0.544. The predicted octanol–water partition coefficient (Wildman–Crippen LogP) is 3.19. The van der Waals surface area contributed by atoms with Crippen LogP contribution in [-0.4, -0.2) is 38.5 Å². The van der Waals surface area contributed by atoms with Crippen LogP contribution in [0.3, 0.4) is 0 Å². The SMILES string of the molecule is COc1cccc(C[NH+](C)C[C@@H](O)CO[C@@H](c2ccccc2)c2ccc(C)cc2)c1. The van der Waals surface area contributed by atoms with Crippen LogP contribution in [0, 0.1) is 6.92 Å². The van der Waals surface area contributed by atoms with E-state index in [1.54, 1.807) is 7.11 Å². The number of hydrogen-bond donors (Lipinski definition) is 2. The van der Waals surface area contributed by atoms with Gasteiger partial charge in [0.25, 0.3) is 0 Å². The Morgan fingerprint density at radius 1 is 0.900 bits per heavy atom. The van der Waals surface area contributed by atoms with Crippen molar-refractivity contribution in [1.82, 2.24) is 0 Å². The maximum absolute atomic E-state index is 10.6. The van der Waals surface area contributed by atoms with Gasteiger partial charge >= 0.3 is 0 Å². The first-order chi connectivity index (χ1) is 14.5. The number of quaternary nitrogens is 1. The van der Waals surface area contributed by atoms with Crippen molar-refractivity contribution in [3.8, 4) is 5.75 Å². The third-order valence-electron chi connectivity index (χ3n) is 5.16. The molecule has 0 radical (unpaired) electrons. The summed E-state index contributed by atoms with van der Waals surface area (Å²) in [4.78, 5) is 1.21. The first-order valence-electron chi connectivity index (χ1n) is 10.4. The molecule has 3 atom stereocenters. The van der Waals surface area contributed by atoms with Gasteiger partial charge in [0.2, 0.25) is 0 Å². The van der Waals surface area contributed by atoms with E-state index in [2.05, 4.69) is 56.4 Å². The van der Waals surface area contributed by atoms with Gasteiger partial charge in [0.15, 0.2) is 0 Å². The summed E-state index contributed by atoms with van der Waals surface area (Å²) >= 11 is 0. The molecule has 0 saturated heterocycles. The molecule has 0 aromatic heterocycles. The molecular weight excluding hydrogens is 374 g/mol. The van der Waals surface area contributed by atoms with Gasteiger partial charge < -0.3 is 19.5 Å². The highest BCUT2D eigenvalue weighted by Crippen LogP contribution is 2.26. The topological polar surface area (TPSA) is 43.1 Å². The summed E-state index contributed by atoms with van der Waals surface area (Å²) in [7, 11) is 3.76. The number of aryl methyl sites for hydroxylation is 1. The number of methoxy groups -OCH3 is 1. The Morgan fingerprint density at radius 3 is 2.30 bits per heavy atom. The van der Waals surface area contributed by atoms with Crippen LogP contribution in [0.15, 0.2) is 78.9 Å². The Bertz CT molecular complexity index is 896. The van der Waals surface area contributed by atoms with E-state index >= 15 is 0 Å². The van der Waals surface area contributed by atoms with Gasteiger partial charge in [-0.3, -0.25) is 0 Å². The first kappa shape index (κ1) is 22.0. The van der Waals surface area contributed by atoms with Crippen LogP contribution < -0.4 is 9.64 Å². The summed E-state index contributed by atoms with van der Waals surface area (Å²) in [5, 5.41) is 10.6. The molecule has 0 heterocycles. The third-order valence-corrected chi connectivity index (χ3v) is 5.16. The molecule has 30 heavy (non-hydrogen) atoms. The van der Waals surface area contributed by atoms with E-state index in [-0.39, 0.29) is 12.7 Å². The summed E-state index contributed by atoms with van der Waals surface area (Å²) in [5.41, 5.74) is 4.58. The lowest BCUT2D eigenvalue weighted by molar-refractivity contribution is -0.897. The van der Waals surface area contributed by atoms with Crippen LogP contribution in [-0.2, 0) is 11.3 Å². The van der Waals surface area contributed by atoms with Gasteiger partial charge in [0.05, 0.1) is 20.8 Å². The van der Waals surface area contributed by atoms with Gasteiger partial charge in [-0.25, -0.2) is 0 Å². The van der Waals surface area contributed by atoms with Crippen molar-refractivity contribution in [3.05, 3.63) is 101 Å². The van der Waals surface area contributed by atoms with Crippen LogP contribution in [0.2, 0.25) is 0 Å². The number of rotatable bonds is 10. The second-order valence-electron chi connectivity index (χ2n) is 7.88. The van der Waals surface area contributed by atoms with Crippen LogP contribution in [0.4, 0.5) is 0 Å². The maximum atomic E-state index is 10.6. The lowest BCUT2D eigenvalue weighted by Crippen LogP contribution is -3.08.